The zero-order chi connectivity index (χ0) is 40.8. The van der Waals surface area contributed by atoms with Crippen LogP contribution in [0.5, 0.6) is 0 Å². The van der Waals surface area contributed by atoms with Crippen molar-refractivity contribution < 1.29 is 0 Å². The predicted molar refractivity (Wildman–Crippen MR) is 285 cm³/mol. The molecule has 0 aliphatic heterocycles. The molecule has 0 aliphatic carbocycles. The summed E-state index contributed by atoms with van der Waals surface area (Å²) in [6.07, 6.45) is 56.9. The maximum atomic E-state index is 6.30. The Hall–Kier alpha value is 1.58. The van der Waals surface area contributed by atoms with Gasteiger partial charge in [-0.15, -0.1) is 0 Å². The summed E-state index contributed by atoms with van der Waals surface area (Å²) in [6, 6.07) is 0. The standard InChI is InChI=1S/C50H102S6/c1-5-9-13-17-21-25-29-33-37-41-45-55(46-42-38-34-30-26-22-18-14-10-6-2)49(51)53-54-50(52)56(47-43-39-35-31-27-23-19-15-11-7-3)48-44-40-36-32-28-24-20-16-12-8-4/h55-56H,5-48H2,1-4H3. The predicted octanol–water partition coefficient (Wildman–Crippen LogP) is 20.6. The molecule has 0 rings (SSSR count). The van der Waals surface area contributed by atoms with Crippen LogP contribution in [0, 0.1) is 0 Å². The lowest BCUT2D eigenvalue weighted by Gasteiger charge is -2.25. The molecule has 0 spiro atoms. The number of thiocarbonyl (C=S) groups is 2. The third-order valence-corrected chi connectivity index (χ3v) is 23.4. The Kier molecular flexibility index (Phi) is 50.6. The fourth-order valence-electron chi connectivity index (χ4n) is 7.93. The Balaban J connectivity index is 4.89. The minimum atomic E-state index is -0.170. The maximum Gasteiger partial charge on any atom is 0.0952 e. The maximum absolute atomic E-state index is 6.30. The van der Waals surface area contributed by atoms with Gasteiger partial charge in [-0.05, 0) is 70.3 Å². The fraction of sp³-hybridized carbons (Fsp3) is 0.960. The Morgan fingerprint density at radius 1 is 0.250 bits per heavy atom. The molecular formula is C50H102S6. The molecular weight excluding hydrogens is 793 g/mol. The van der Waals surface area contributed by atoms with E-state index in [1.807, 2.05) is 21.6 Å². The van der Waals surface area contributed by atoms with Crippen molar-refractivity contribution in [2.75, 3.05) is 23.0 Å². The van der Waals surface area contributed by atoms with E-state index in [1.165, 1.54) is 287 Å². The quantitative estimate of drug-likeness (QED) is 0.0271. The van der Waals surface area contributed by atoms with Crippen LogP contribution in [0.15, 0.2) is 0 Å². The number of hydrogen-bond donors (Lipinski definition) is 2. The second-order valence-electron chi connectivity index (χ2n) is 17.4. The summed E-state index contributed by atoms with van der Waals surface area (Å²) in [5.41, 5.74) is 0. The van der Waals surface area contributed by atoms with Crippen LogP contribution < -0.4 is 0 Å². The van der Waals surface area contributed by atoms with Gasteiger partial charge in [-0.1, -0.05) is 283 Å². The molecule has 0 saturated carbocycles. The first kappa shape index (κ1) is 57.6. The van der Waals surface area contributed by atoms with Gasteiger partial charge in [0.1, 0.15) is 0 Å². The van der Waals surface area contributed by atoms with E-state index in [4.69, 9.17) is 24.4 Å². The van der Waals surface area contributed by atoms with Crippen LogP contribution in [-0.2, 0) is 0 Å². The summed E-state index contributed by atoms with van der Waals surface area (Å²) in [5.74, 6) is 5.48. The Morgan fingerprint density at radius 2 is 0.393 bits per heavy atom. The third kappa shape index (κ3) is 42.3. The first-order valence-electron chi connectivity index (χ1n) is 25.5. The van der Waals surface area contributed by atoms with Crippen molar-refractivity contribution in [3.05, 3.63) is 0 Å². The van der Waals surface area contributed by atoms with Crippen LogP contribution in [0.2, 0.25) is 0 Å². The molecule has 0 nitrogen and oxygen atoms in total. The number of rotatable bonds is 44. The van der Waals surface area contributed by atoms with Crippen molar-refractivity contribution in [1.29, 1.82) is 0 Å². The molecule has 0 heterocycles. The van der Waals surface area contributed by atoms with Gasteiger partial charge in [-0.3, -0.25) is 0 Å². The van der Waals surface area contributed by atoms with E-state index in [1.54, 1.807) is 0 Å². The molecule has 6 heteroatoms. The largest absolute Gasteiger partial charge is 0.210 e. The highest BCUT2D eigenvalue weighted by atomic mass is 33.1. The van der Waals surface area contributed by atoms with Gasteiger partial charge in [0.05, 0.1) is 7.06 Å². The molecule has 0 N–H and O–H groups in total. The topological polar surface area (TPSA) is 0 Å². The van der Waals surface area contributed by atoms with Crippen LogP contribution in [0.4, 0.5) is 0 Å². The molecule has 0 radical (unpaired) electrons. The average molecular weight is 896 g/mol. The van der Waals surface area contributed by atoms with Gasteiger partial charge in [0, 0.05) is 0 Å². The van der Waals surface area contributed by atoms with E-state index in [-0.39, 0.29) is 21.8 Å². The van der Waals surface area contributed by atoms with E-state index in [9.17, 15) is 0 Å². The second kappa shape index (κ2) is 49.2. The lowest BCUT2D eigenvalue weighted by molar-refractivity contribution is 0.562. The van der Waals surface area contributed by atoms with Crippen molar-refractivity contribution in [2.45, 2.75) is 285 Å². The smallest absolute Gasteiger partial charge is 0.0952 e. The Labute approximate surface area is 379 Å². The van der Waals surface area contributed by atoms with E-state index < -0.39 is 0 Å². The summed E-state index contributed by atoms with van der Waals surface area (Å²) < 4.78 is 2.68. The van der Waals surface area contributed by atoms with Crippen molar-refractivity contribution >= 4 is 74.9 Å². The molecule has 0 unspecified atom stereocenters. The molecule has 0 aromatic rings. The van der Waals surface area contributed by atoms with Gasteiger partial charge < -0.3 is 0 Å². The van der Waals surface area contributed by atoms with E-state index >= 15 is 0 Å². The van der Waals surface area contributed by atoms with Gasteiger partial charge in [-0.2, -0.15) is 0 Å². The lowest BCUT2D eigenvalue weighted by atomic mass is 10.1. The zero-order valence-electron chi connectivity index (χ0n) is 38.6. The highest BCUT2D eigenvalue weighted by Crippen LogP contribution is 2.46. The van der Waals surface area contributed by atoms with Crippen molar-refractivity contribution in [3.63, 3.8) is 0 Å². The van der Waals surface area contributed by atoms with Gasteiger partial charge in [0.15, 0.2) is 0 Å². The molecule has 0 bridgehead atoms. The van der Waals surface area contributed by atoms with Crippen LogP contribution >= 0.6 is 67.8 Å². The SMILES string of the molecule is CCCCCCCCCCCC[SH](CCCCCCCCCCCC)C(=S)SSC(=S)[SH](CCCCCCCCCCCC)CCCCCCCCCCCC. The number of unbranched alkanes of at least 4 members (excludes halogenated alkanes) is 36. The molecule has 0 amide bonds. The van der Waals surface area contributed by atoms with Crippen LogP contribution in [-0.4, -0.2) is 30.1 Å². The van der Waals surface area contributed by atoms with Gasteiger partial charge in [0.2, 0.25) is 0 Å². The van der Waals surface area contributed by atoms with Crippen LogP contribution in [0.25, 0.3) is 0 Å². The van der Waals surface area contributed by atoms with Gasteiger partial charge in [0.25, 0.3) is 0 Å². The molecule has 0 fully saturated rings. The summed E-state index contributed by atoms with van der Waals surface area (Å²) in [5, 5.41) is 0. The summed E-state index contributed by atoms with van der Waals surface area (Å²) in [7, 11) is 3.56. The molecule has 56 heavy (non-hydrogen) atoms. The van der Waals surface area contributed by atoms with Crippen molar-refractivity contribution in [1.82, 2.24) is 0 Å². The van der Waals surface area contributed by atoms with Crippen molar-refractivity contribution in [2.24, 2.45) is 0 Å². The van der Waals surface area contributed by atoms with Crippen molar-refractivity contribution in [3.8, 4) is 0 Å². The molecule has 0 atom stereocenters. The van der Waals surface area contributed by atoms with E-state index in [0.717, 1.165) is 0 Å². The van der Waals surface area contributed by atoms with E-state index in [0.29, 0.717) is 0 Å². The fourth-order valence-corrected chi connectivity index (χ4v) is 18.3. The van der Waals surface area contributed by atoms with E-state index in [2.05, 4.69) is 27.7 Å². The summed E-state index contributed by atoms with van der Waals surface area (Å²) in [6.45, 7) is 9.28. The summed E-state index contributed by atoms with van der Waals surface area (Å²) in [4.78, 5) is 0. The molecule has 0 aromatic heterocycles. The first-order valence-corrected chi connectivity index (χ1v) is 31.9. The lowest BCUT2D eigenvalue weighted by Crippen LogP contribution is -2.04. The van der Waals surface area contributed by atoms with Gasteiger partial charge >= 0.3 is 0 Å². The third-order valence-electron chi connectivity index (χ3n) is 11.8. The number of hydrogen-bond acceptors (Lipinski definition) is 4. The molecule has 0 aromatic carbocycles. The minimum Gasteiger partial charge on any atom is -0.210 e. The highest BCUT2D eigenvalue weighted by Gasteiger charge is 2.16. The first-order chi connectivity index (χ1) is 27.6. The number of thiol groups is 2. The highest BCUT2D eigenvalue weighted by molar-refractivity contribution is 8.97. The molecule has 338 valence electrons. The molecule has 0 aliphatic rings. The normalized spacial score (nSPS) is 12.1. The minimum absolute atomic E-state index is 0.170. The molecule has 0 saturated heterocycles. The summed E-state index contributed by atoms with van der Waals surface area (Å²) >= 11 is 12.6. The van der Waals surface area contributed by atoms with Gasteiger partial charge in [-0.25, -0.2) is 21.8 Å². The Bertz CT molecular complexity index is 676. The van der Waals surface area contributed by atoms with Crippen LogP contribution in [0.1, 0.15) is 285 Å². The monoisotopic (exact) mass is 895 g/mol. The zero-order valence-corrected chi connectivity index (χ0v) is 43.7. The second-order valence-corrected chi connectivity index (χ2v) is 26.9. The van der Waals surface area contributed by atoms with Crippen LogP contribution in [0.3, 0.4) is 0 Å². The Morgan fingerprint density at radius 3 is 0.554 bits per heavy atom. The average Bonchev–Trinajstić information content (AvgIpc) is 3.20.